The minimum Gasteiger partial charge on any atom is -0.309 e. The lowest BCUT2D eigenvalue weighted by Gasteiger charge is -2.12. The maximum atomic E-state index is 9.84. The summed E-state index contributed by atoms with van der Waals surface area (Å²) in [7, 11) is 0. The molecule has 0 aliphatic rings. The highest BCUT2D eigenvalue weighted by Gasteiger charge is 2.18. The lowest BCUT2D eigenvalue weighted by atomic mass is 9.98. The molecule has 0 fully saturated rings. The number of aromatic nitrogens is 2. The SMILES string of the molecule is N#Cc1ccc(-c2cccc(-n3c4ccccc4c4cc5c(cc43)c3ccccc3n5-c3ccccc3)c2)c(C#N)c1. The van der Waals surface area contributed by atoms with Gasteiger partial charge < -0.3 is 9.13 Å². The molecule has 194 valence electrons. The van der Waals surface area contributed by atoms with E-state index in [1.165, 1.54) is 32.6 Å². The molecule has 6 aromatic carbocycles. The van der Waals surface area contributed by atoms with Gasteiger partial charge in [-0.05, 0) is 71.8 Å². The van der Waals surface area contributed by atoms with Gasteiger partial charge in [0.25, 0.3) is 0 Å². The Morgan fingerprint density at radius 3 is 1.67 bits per heavy atom. The number of nitriles is 2. The average Bonchev–Trinajstić information content (AvgIpc) is 3.56. The van der Waals surface area contributed by atoms with E-state index in [1.807, 2.05) is 18.2 Å². The van der Waals surface area contributed by atoms with Gasteiger partial charge in [0.2, 0.25) is 0 Å². The van der Waals surface area contributed by atoms with Crippen molar-refractivity contribution >= 4 is 43.6 Å². The third kappa shape index (κ3) is 3.47. The van der Waals surface area contributed by atoms with Gasteiger partial charge in [-0.15, -0.1) is 0 Å². The number of hydrogen-bond acceptors (Lipinski definition) is 2. The van der Waals surface area contributed by atoms with E-state index in [-0.39, 0.29) is 0 Å². The molecular formula is C38H22N4. The molecule has 0 N–H and O–H groups in total. The molecule has 42 heavy (non-hydrogen) atoms. The van der Waals surface area contributed by atoms with Crippen LogP contribution in [-0.2, 0) is 0 Å². The van der Waals surface area contributed by atoms with Gasteiger partial charge in [0.1, 0.15) is 0 Å². The Morgan fingerprint density at radius 2 is 1.02 bits per heavy atom. The van der Waals surface area contributed by atoms with Crippen LogP contribution >= 0.6 is 0 Å². The van der Waals surface area contributed by atoms with Gasteiger partial charge in [0.15, 0.2) is 0 Å². The molecule has 4 heteroatoms. The third-order valence-corrected chi connectivity index (χ3v) is 8.16. The van der Waals surface area contributed by atoms with E-state index in [0.29, 0.717) is 11.1 Å². The summed E-state index contributed by atoms with van der Waals surface area (Å²) in [6.45, 7) is 0. The van der Waals surface area contributed by atoms with Crippen LogP contribution in [0.15, 0.2) is 133 Å². The summed E-state index contributed by atoms with van der Waals surface area (Å²) < 4.78 is 4.67. The normalized spacial score (nSPS) is 11.3. The third-order valence-electron chi connectivity index (χ3n) is 8.16. The van der Waals surface area contributed by atoms with E-state index in [4.69, 9.17) is 0 Å². The van der Waals surface area contributed by atoms with E-state index < -0.39 is 0 Å². The van der Waals surface area contributed by atoms with E-state index in [0.717, 1.165) is 33.5 Å². The smallest absolute Gasteiger partial charge is 0.0998 e. The molecule has 8 aromatic rings. The molecule has 0 spiro atoms. The van der Waals surface area contributed by atoms with Crippen LogP contribution in [0.1, 0.15) is 11.1 Å². The second-order valence-corrected chi connectivity index (χ2v) is 10.5. The van der Waals surface area contributed by atoms with Crippen molar-refractivity contribution in [3.63, 3.8) is 0 Å². The Hall–Kier alpha value is -6.10. The van der Waals surface area contributed by atoms with Crippen molar-refractivity contribution in [1.82, 2.24) is 9.13 Å². The van der Waals surface area contributed by atoms with Crippen molar-refractivity contribution in [3.8, 4) is 34.6 Å². The van der Waals surface area contributed by atoms with Gasteiger partial charge in [-0.2, -0.15) is 10.5 Å². The average molecular weight is 535 g/mol. The first kappa shape index (κ1) is 23.8. The van der Waals surface area contributed by atoms with Crippen molar-refractivity contribution in [3.05, 3.63) is 145 Å². The van der Waals surface area contributed by atoms with E-state index in [1.54, 1.807) is 12.1 Å². The van der Waals surface area contributed by atoms with Crippen LogP contribution in [0.3, 0.4) is 0 Å². The maximum Gasteiger partial charge on any atom is 0.0998 e. The second-order valence-electron chi connectivity index (χ2n) is 10.5. The first-order valence-corrected chi connectivity index (χ1v) is 13.8. The van der Waals surface area contributed by atoms with Crippen LogP contribution < -0.4 is 0 Å². The molecule has 8 rings (SSSR count). The molecule has 0 radical (unpaired) electrons. The van der Waals surface area contributed by atoms with Gasteiger partial charge >= 0.3 is 0 Å². The molecule has 0 amide bonds. The number of fused-ring (bicyclic) bond motifs is 6. The Kier molecular flexibility index (Phi) is 5.22. The largest absolute Gasteiger partial charge is 0.309 e. The topological polar surface area (TPSA) is 57.4 Å². The molecule has 0 atom stereocenters. The molecule has 0 saturated heterocycles. The molecule has 2 heterocycles. The number of hydrogen-bond donors (Lipinski definition) is 0. The van der Waals surface area contributed by atoms with Gasteiger partial charge in [-0.1, -0.05) is 72.8 Å². The minimum absolute atomic E-state index is 0.479. The Morgan fingerprint density at radius 1 is 0.429 bits per heavy atom. The van der Waals surface area contributed by atoms with Crippen LogP contribution in [0.25, 0.3) is 66.1 Å². The molecule has 2 aromatic heterocycles. The maximum absolute atomic E-state index is 9.84. The summed E-state index contributed by atoms with van der Waals surface area (Å²) >= 11 is 0. The number of benzene rings is 6. The predicted octanol–water partition coefficient (Wildman–Crippen LogP) is 9.29. The summed E-state index contributed by atoms with van der Waals surface area (Å²) in [5.41, 5.74) is 9.44. The molecular weight excluding hydrogens is 512 g/mol. The van der Waals surface area contributed by atoms with Crippen molar-refractivity contribution in [1.29, 1.82) is 10.5 Å². The van der Waals surface area contributed by atoms with Gasteiger partial charge in [-0.3, -0.25) is 0 Å². The van der Waals surface area contributed by atoms with Crippen molar-refractivity contribution < 1.29 is 0 Å². The van der Waals surface area contributed by atoms with E-state index in [2.05, 4.69) is 124 Å². The summed E-state index contributed by atoms with van der Waals surface area (Å²) in [5, 5.41) is 23.9. The zero-order valence-corrected chi connectivity index (χ0v) is 22.5. The quantitative estimate of drug-likeness (QED) is 0.227. The van der Waals surface area contributed by atoms with E-state index >= 15 is 0 Å². The minimum atomic E-state index is 0.479. The first-order chi connectivity index (χ1) is 20.7. The van der Waals surface area contributed by atoms with Gasteiger partial charge in [-0.25, -0.2) is 0 Å². The van der Waals surface area contributed by atoms with Crippen molar-refractivity contribution in [2.75, 3.05) is 0 Å². The fraction of sp³-hybridized carbons (Fsp3) is 0. The fourth-order valence-electron chi connectivity index (χ4n) is 6.33. The van der Waals surface area contributed by atoms with E-state index in [9.17, 15) is 10.5 Å². The number of para-hydroxylation sites is 3. The Labute approximate surface area is 242 Å². The molecule has 0 bridgehead atoms. The number of nitrogens with zero attached hydrogens (tertiary/aromatic N) is 4. The summed E-state index contributed by atoms with van der Waals surface area (Å²) in [6.07, 6.45) is 0. The lowest BCUT2D eigenvalue weighted by Crippen LogP contribution is -1.95. The molecule has 0 aliphatic heterocycles. The zero-order valence-electron chi connectivity index (χ0n) is 22.5. The first-order valence-electron chi connectivity index (χ1n) is 13.8. The summed E-state index contributed by atoms with van der Waals surface area (Å²) in [6, 6.07) is 50.3. The Bertz CT molecular complexity index is 2430. The van der Waals surface area contributed by atoms with Gasteiger partial charge in [0.05, 0.1) is 45.3 Å². The lowest BCUT2D eigenvalue weighted by molar-refractivity contribution is 1.17. The standard InChI is InChI=1S/C38H22N4/c39-23-25-17-18-30(27(19-25)24-40)26-9-8-12-29(20-26)42-36-16-7-5-14-32(36)34-21-37-33(22-38(34)42)31-13-4-6-15-35(31)41(37)28-10-2-1-3-11-28/h1-22H. The second kappa shape index (κ2) is 9.24. The Balaban J connectivity index is 1.44. The molecule has 0 unspecified atom stereocenters. The summed E-state index contributed by atoms with van der Waals surface area (Å²) in [5.74, 6) is 0. The molecule has 4 nitrogen and oxygen atoms in total. The zero-order chi connectivity index (χ0) is 28.2. The van der Waals surface area contributed by atoms with Crippen LogP contribution in [0, 0.1) is 22.7 Å². The number of rotatable bonds is 3. The highest BCUT2D eigenvalue weighted by Crippen LogP contribution is 2.40. The molecule has 0 saturated carbocycles. The summed E-state index contributed by atoms with van der Waals surface area (Å²) in [4.78, 5) is 0. The van der Waals surface area contributed by atoms with Crippen LogP contribution in [0.5, 0.6) is 0 Å². The highest BCUT2D eigenvalue weighted by molar-refractivity contribution is 6.19. The predicted molar refractivity (Wildman–Crippen MR) is 170 cm³/mol. The highest BCUT2D eigenvalue weighted by atomic mass is 15.0. The molecule has 0 aliphatic carbocycles. The van der Waals surface area contributed by atoms with Crippen LogP contribution in [-0.4, -0.2) is 9.13 Å². The van der Waals surface area contributed by atoms with Crippen LogP contribution in [0.4, 0.5) is 0 Å². The monoisotopic (exact) mass is 534 g/mol. The van der Waals surface area contributed by atoms with Crippen LogP contribution in [0.2, 0.25) is 0 Å². The fourth-order valence-corrected chi connectivity index (χ4v) is 6.33. The van der Waals surface area contributed by atoms with Crippen molar-refractivity contribution in [2.24, 2.45) is 0 Å². The van der Waals surface area contributed by atoms with Gasteiger partial charge in [0, 0.05) is 32.9 Å². The van der Waals surface area contributed by atoms with Crippen molar-refractivity contribution in [2.45, 2.75) is 0 Å².